The SMILES string of the molecule is C1=CC=CNC=C1.c1cnoc1. The molecule has 3 heteroatoms. The van der Waals surface area contributed by atoms with E-state index in [9.17, 15) is 0 Å². The van der Waals surface area contributed by atoms with E-state index in [-0.39, 0.29) is 0 Å². The third-order valence-corrected chi connectivity index (χ3v) is 1.07. The fraction of sp³-hybridized carbons (Fsp3) is 0. The first kappa shape index (κ1) is 8.33. The Morgan fingerprint density at radius 2 is 1.75 bits per heavy atom. The van der Waals surface area contributed by atoms with Gasteiger partial charge in [0.05, 0.1) is 6.20 Å². The van der Waals surface area contributed by atoms with Gasteiger partial charge in [-0.25, -0.2) is 0 Å². The van der Waals surface area contributed by atoms with Gasteiger partial charge in [0.25, 0.3) is 0 Å². The van der Waals surface area contributed by atoms with Crippen LogP contribution < -0.4 is 5.32 Å². The molecule has 0 atom stereocenters. The van der Waals surface area contributed by atoms with Gasteiger partial charge in [-0.15, -0.1) is 0 Å². The Balaban J connectivity index is 0.000000127. The number of aromatic nitrogens is 1. The van der Waals surface area contributed by atoms with Crippen LogP contribution in [0.15, 0.2) is 59.8 Å². The number of allylic oxidation sites excluding steroid dienone is 4. The molecule has 0 radical (unpaired) electrons. The first-order chi connectivity index (χ1) is 6.00. The maximum atomic E-state index is 4.33. The number of hydrogen-bond acceptors (Lipinski definition) is 3. The minimum absolute atomic E-state index is 1.51. The monoisotopic (exact) mass is 162 g/mol. The molecule has 1 aromatic heterocycles. The molecule has 0 saturated heterocycles. The minimum atomic E-state index is 1.51. The Labute approximate surface area is 71.1 Å². The summed E-state index contributed by atoms with van der Waals surface area (Å²) < 4.78 is 4.33. The predicted octanol–water partition coefficient (Wildman–Crippen LogP) is 1.85. The lowest BCUT2D eigenvalue weighted by Crippen LogP contribution is -1.87. The molecule has 1 aliphatic heterocycles. The molecular weight excluding hydrogens is 152 g/mol. The quantitative estimate of drug-likeness (QED) is 0.632. The van der Waals surface area contributed by atoms with Gasteiger partial charge in [-0.05, 0) is 18.2 Å². The van der Waals surface area contributed by atoms with E-state index in [2.05, 4.69) is 15.0 Å². The summed E-state index contributed by atoms with van der Waals surface area (Å²) in [4.78, 5) is 0. The first-order valence-corrected chi connectivity index (χ1v) is 3.59. The largest absolute Gasteiger partial charge is 0.368 e. The molecule has 0 fully saturated rings. The molecule has 0 unspecified atom stereocenters. The molecule has 1 aliphatic rings. The van der Waals surface area contributed by atoms with E-state index in [0.29, 0.717) is 0 Å². The van der Waals surface area contributed by atoms with Crippen LogP contribution in [0.4, 0.5) is 0 Å². The third kappa shape index (κ3) is 4.11. The summed E-state index contributed by atoms with van der Waals surface area (Å²) in [6, 6.07) is 1.72. The molecule has 12 heavy (non-hydrogen) atoms. The summed E-state index contributed by atoms with van der Waals surface area (Å²) in [7, 11) is 0. The molecular formula is C9H10N2O. The second-order valence-electron chi connectivity index (χ2n) is 1.96. The summed E-state index contributed by atoms with van der Waals surface area (Å²) in [5.41, 5.74) is 0. The van der Waals surface area contributed by atoms with Crippen LogP contribution in [0, 0.1) is 0 Å². The molecule has 0 amide bonds. The minimum Gasteiger partial charge on any atom is -0.368 e. The van der Waals surface area contributed by atoms with Gasteiger partial charge in [-0.2, -0.15) is 0 Å². The predicted molar refractivity (Wildman–Crippen MR) is 47.1 cm³/mol. The smallest absolute Gasteiger partial charge is 0.123 e. The van der Waals surface area contributed by atoms with Gasteiger partial charge >= 0.3 is 0 Å². The lowest BCUT2D eigenvalue weighted by Gasteiger charge is -1.79. The molecule has 0 saturated carbocycles. The van der Waals surface area contributed by atoms with Gasteiger partial charge in [0, 0.05) is 12.4 Å². The van der Waals surface area contributed by atoms with E-state index in [4.69, 9.17) is 0 Å². The van der Waals surface area contributed by atoms with Crippen molar-refractivity contribution in [1.29, 1.82) is 0 Å². The highest BCUT2D eigenvalue weighted by Crippen LogP contribution is 1.81. The Morgan fingerprint density at radius 3 is 2.17 bits per heavy atom. The average Bonchev–Trinajstić information content (AvgIpc) is 2.54. The summed E-state index contributed by atoms with van der Waals surface area (Å²) >= 11 is 0. The first-order valence-electron chi connectivity index (χ1n) is 3.59. The number of hydrogen-bond donors (Lipinski definition) is 1. The molecule has 0 spiro atoms. The van der Waals surface area contributed by atoms with Crippen LogP contribution in [0.1, 0.15) is 0 Å². The summed E-state index contributed by atoms with van der Waals surface area (Å²) in [6.45, 7) is 0. The second kappa shape index (κ2) is 5.97. The maximum Gasteiger partial charge on any atom is 0.123 e. The average molecular weight is 162 g/mol. The zero-order chi connectivity index (χ0) is 8.49. The molecule has 1 N–H and O–H groups in total. The van der Waals surface area contributed by atoms with Gasteiger partial charge < -0.3 is 9.84 Å². The van der Waals surface area contributed by atoms with E-state index in [1.54, 1.807) is 12.3 Å². The third-order valence-electron chi connectivity index (χ3n) is 1.07. The van der Waals surface area contributed by atoms with Crippen LogP contribution in [-0.4, -0.2) is 5.16 Å². The summed E-state index contributed by atoms with van der Waals surface area (Å²) in [5, 5.41) is 6.27. The van der Waals surface area contributed by atoms with Crippen molar-refractivity contribution in [3.63, 3.8) is 0 Å². The van der Waals surface area contributed by atoms with Crippen LogP contribution >= 0.6 is 0 Å². The second-order valence-corrected chi connectivity index (χ2v) is 1.96. The molecule has 62 valence electrons. The highest BCUT2D eigenvalue weighted by atomic mass is 16.5. The molecule has 1 aromatic rings. The van der Waals surface area contributed by atoms with Gasteiger partial charge in [0.2, 0.25) is 0 Å². The molecule has 2 heterocycles. The summed E-state index contributed by atoms with van der Waals surface area (Å²) in [6.07, 6.45) is 14.7. The van der Waals surface area contributed by atoms with E-state index in [1.165, 1.54) is 6.26 Å². The van der Waals surface area contributed by atoms with Crippen LogP contribution in [-0.2, 0) is 0 Å². The molecule has 0 aromatic carbocycles. The van der Waals surface area contributed by atoms with Crippen molar-refractivity contribution in [2.75, 3.05) is 0 Å². The zero-order valence-corrected chi connectivity index (χ0v) is 6.55. The molecule has 2 rings (SSSR count). The van der Waals surface area contributed by atoms with Crippen molar-refractivity contribution in [3.8, 4) is 0 Å². The lowest BCUT2D eigenvalue weighted by atomic mass is 10.5. The Morgan fingerprint density at radius 1 is 1.00 bits per heavy atom. The Hall–Kier alpha value is -1.77. The van der Waals surface area contributed by atoms with Crippen molar-refractivity contribution in [2.24, 2.45) is 0 Å². The number of rotatable bonds is 0. The van der Waals surface area contributed by atoms with Crippen LogP contribution in [0.25, 0.3) is 0 Å². The number of nitrogens with zero attached hydrogens (tertiary/aromatic N) is 1. The van der Waals surface area contributed by atoms with E-state index >= 15 is 0 Å². The normalized spacial score (nSPS) is 12.7. The molecule has 0 bridgehead atoms. The van der Waals surface area contributed by atoms with Crippen molar-refractivity contribution >= 4 is 0 Å². The van der Waals surface area contributed by atoms with Gasteiger partial charge in [0.1, 0.15) is 6.26 Å². The standard InChI is InChI=1S/C6H7N.C3H3NO/c1-2-4-6-7-5-3-1;1-2-4-5-3-1/h1-7H;1-3H. The highest BCUT2D eigenvalue weighted by molar-refractivity contribution is 5.14. The molecule has 0 aliphatic carbocycles. The van der Waals surface area contributed by atoms with Gasteiger partial charge in [-0.3, -0.25) is 0 Å². The van der Waals surface area contributed by atoms with Crippen molar-refractivity contribution < 1.29 is 4.52 Å². The number of nitrogens with one attached hydrogen (secondary N) is 1. The van der Waals surface area contributed by atoms with E-state index in [0.717, 1.165) is 0 Å². The summed E-state index contributed by atoms with van der Waals surface area (Å²) in [5.74, 6) is 0. The fourth-order valence-electron chi connectivity index (χ4n) is 0.582. The van der Waals surface area contributed by atoms with Crippen LogP contribution in [0.5, 0.6) is 0 Å². The van der Waals surface area contributed by atoms with Crippen LogP contribution in [0.2, 0.25) is 0 Å². The van der Waals surface area contributed by atoms with Gasteiger partial charge in [-0.1, -0.05) is 17.3 Å². The van der Waals surface area contributed by atoms with Crippen molar-refractivity contribution in [2.45, 2.75) is 0 Å². The van der Waals surface area contributed by atoms with E-state index in [1.807, 2.05) is 36.7 Å². The topological polar surface area (TPSA) is 38.1 Å². The fourth-order valence-corrected chi connectivity index (χ4v) is 0.582. The lowest BCUT2D eigenvalue weighted by molar-refractivity contribution is 0.420. The Kier molecular flexibility index (Phi) is 4.15. The zero-order valence-electron chi connectivity index (χ0n) is 6.55. The van der Waals surface area contributed by atoms with E-state index < -0.39 is 0 Å². The van der Waals surface area contributed by atoms with Crippen LogP contribution in [0.3, 0.4) is 0 Å². The Bertz CT molecular complexity index is 229. The van der Waals surface area contributed by atoms with Crippen molar-refractivity contribution in [1.82, 2.24) is 10.5 Å². The highest BCUT2D eigenvalue weighted by Gasteiger charge is 1.67. The molecule has 3 nitrogen and oxygen atoms in total. The maximum absolute atomic E-state index is 4.33. The van der Waals surface area contributed by atoms with Gasteiger partial charge in [0.15, 0.2) is 0 Å². The van der Waals surface area contributed by atoms with Crippen molar-refractivity contribution in [3.05, 3.63) is 55.2 Å².